The molecule has 0 fully saturated rings. The fourth-order valence-electron chi connectivity index (χ4n) is 4.54. The Hall–Kier alpha value is -3.23. The molecule has 5 heteroatoms. The number of fused-ring (bicyclic) bond motifs is 5. The summed E-state index contributed by atoms with van der Waals surface area (Å²) in [7, 11) is 0. The third kappa shape index (κ3) is 3.36. The topological polar surface area (TPSA) is 50.9 Å². The van der Waals surface area contributed by atoms with E-state index in [-0.39, 0.29) is 26.8 Å². The summed E-state index contributed by atoms with van der Waals surface area (Å²) in [6.07, 6.45) is 1.95. The number of hydrogen-bond acceptors (Lipinski definition) is 3. The van der Waals surface area contributed by atoms with E-state index in [4.69, 9.17) is 9.97 Å². The van der Waals surface area contributed by atoms with E-state index in [2.05, 4.69) is 34.9 Å². The Bertz CT molecular complexity index is 1430. The third-order valence-electron chi connectivity index (χ3n) is 5.97. The normalized spacial score (nSPS) is 12.5. The minimum Gasteiger partial charge on any atom is -0.507 e. The molecule has 3 aromatic carbocycles. The van der Waals surface area contributed by atoms with Crippen LogP contribution in [0.2, 0.25) is 0 Å². The van der Waals surface area contributed by atoms with Gasteiger partial charge in [0, 0.05) is 33.2 Å². The Morgan fingerprint density at radius 2 is 1.69 bits per heavy atom. The number of pyridine rings is 1. The van der Waals surface area contributed by atoms with Gasteiger partial charge in [0.25, 0.3) is 0 Å². The van der Waals surface area contributed by atoms with E-state index < -0.39 is 0 Å². The minimum absolute atomic E-state index is 0. The third-order valence-corrected chi connectivity index (χ3v) is 5.97. The number of imidazole rings is 1. The van der Waals surface area contributed by atoms with Crippen LogP contribution in [0.1, 0.15) is 12.0 Å². The first kappa shape index (κ1) is 20.7. The summed E-state index contributed by atoms with van der Waals surface area (Å²) in [4.78, 5) is 9.97. The van der Waals surface area contributed by atoms with Crippen LogP contribution in [-0.4, -0.2) is 19.6 Å². The molecule has 5 aromatic rings. The first-order chi connectivity index (χ1) is 15.3. The Labute approximate surface area is 200 Å². The SMILES string of the molecule is Oc1cccc2c1-c1nc3c(-c4cccc(-c5[c-]cccc5)n4)cccc3n1CCC2.[Pt]. The number of benzene rings is 3. The smallest absolute Gasteiger partial charge is 0.145 e. The summed E-state index contributed by atoms with van der Waals surface area (Å²) < 4.78 is 2.24. The van der Waals surface area contributed by atoms with E-state index in [1.54, 1.807) is 6.07 Å². The molecule has 4 nitrogen and oxygen atoms in total. The van der Waals surface area contributed by atoms with Crippen molar-refractivity contribution in [1.29, 1.82) is 0 Å². The van der Waals surface area contributed by atoms with Gasteiger partial charge in [0.15, 0.2) is 0 Å². The molecule has 160 valence electrons. The fraction of sp³-hybridized carbons (Fsp3) is 0.111. The number of aryl methyl sites for hydroxylation is 2. The van der Waals surface area contributed by atoms with Crippen LogP contribution in [0.15, 0.2) is 78.9 Å². The second-order valence-electron chi connectivity index (χ2n) is 7.86. The molecular weight excluding hydrogens is 577 g/mol. The summed E-state index contributed by atoms with van der Waals surface area (Å²) in [5, 5.41) is 10.6. The Kier molecular flexibility index (Phi) is 5.40. The zero-order valence-electron chi connectivity index (χ0n) is 17.2. The van der Waals surface area contributed by atoms with Crippen LogP contribution < -0.4 is 0 Å². The molecule has 1 aliphatic rings. The Morgan fingerprint density at radius 1 is 0.844 bits per heavy atom. The maximum absolute atomic E-state index is 10.6. The first-order valence-electron chi connectivity index (χ1n) is 10.5. The van der Waals surface area contributed by atoms with E-state index in [1.807, 2.05) is 48.5 Å². The number of phenolic OH excluding ortho intramolecular Hbond substituents is 1. The van der Waals surface area contributed by atoms with Gasteiger partial charge >= 0.3 is 0 Å². The van der Waals surface area contributed by atoms with Gasteiger partial charge in [-0.1, -0.05) is 36.4 Å². The zero-order valence-corrected chi connectivity index (χ0v) is 19.5. The molecule has 0 atom stereocenters. The quantitative estimate of drug-likeness (QED) is 0.259. The largest absolute Gasteiger partial charge is 0.507 e. The van der Waals surface area contributed by atoms with E-state index in [0.717, 1.165) is 69.9 Å². The van der Waals surface area contributed by atoms with Crippen LogP contribution in [0.5, 0.6) is 5.75 Å². The van der Waals surface area contributed by atoms with Gasteiger partial charge in [-0.2, -0.15) is 0 Å². The number of phenols is 1. The van der Waals surface area contributed by atoms with E-state index in [1.165, 1.54) is 0 Å². The molecule has 0 aliphatic carbocycles. The van der Waals surface area contributed by atoms with E-state index in [9.17, 15) is 5.11 Å². The van der Waals surface area contributed by atoms with Crippen molar-refractivity contribution in [2.45, 2.75) is 19.4 Å². The summed E-state index contributed by atoms with van der Waals surface area (Å²) in [5.41, 5.74) is 7.71. The Balaban J connectivity index is 0.00000216. The van der Waals surface area contributed by atoms with Gasteiger partial charge < -0.3 is 9.67 Å². The van der Waals surface area contributed by atoms with Crippen molar-refractivity contribution in [3.05, 3.63) is 90.5 Å². The molecule has 3 heterocycles. The van der Waals surface area contributed by atoms with Crippen molar-refractivity contribution in [2.24, 2.45) is 0 Å². The van der Waals surface area contributed by atoms with Gasteiger partial charge in [-0.3, -0.25) is 4.98 Å². The average Bonchev–Trinajstić information content (AvgIpc) is 3.07. The number of aromatic hydroxyl groups is 1. The molecule has 0 spiro atoms. The summed E-state index contributed by atoms with van der Waals surface area (Å²) in [6, 6.07) is 29.2. The van der Waals surface area contributed by atoms with Crippen molar-refractivity contribution in [3.63, 3.8) is 0 Å². The van der Waals surface area contributed by atoms with E-state index >= 15 is 0 Å². The van der Waals surface area contributed by atoms with Gasteiger partial charge in [-0.05, 0) is 42.3 Å². The molecular formula is C27H20N3OPt-. The van der Waals surface area contributed by atoms with Crippen molar-refractivity contribution >= 4 is 11.0 Å². The van der Waals surface area contributed by atoms with Crippen molar-refractivity contribution in [3.8, 4) is 39.7 Å². The molecule has 0 amide bonds. The summed E-state index contributed by atoms with van der Waals surface area (Å²) in [5.74, 6) is 1.12. The van der Waals surface area contributed by atoms with Crippen molar-refractivity contribution < 1.29 is 26.2 Å². The van der Waals surface area contributed by atoms with Crippen molar-refractivity contribution in [1.82, 2.24) is 14.5 Å². The zero-order chi connectivity index (χ0) is 20.8. The summed E-state index contributed by atoms with van der Waals surface area (Å²) in [6.45, 7) is 0.871. The molecule has 2 aromatic heterocycles. The van der Waals surface area contributed by atoms with Crippen LogP contribution in [-0.2, 0) is 34.0 Å². The van der Waals surface area contributed by atoms with Gasteiger partial charge in [0.2, 0.25) is 0 Å². The predicted octanol–water partition coefficient (Wildman–Crippen LogP) is 5.88. The number of rotatable bonds is 2. The van der Waals surface area contributed by atoms with Crippen LogP contribution in [0.25, 0.3) is 44.9 Å². The maximum Gasteiger partial charge on any atom is 0.145 e. The molecule has 0 saturated carbocycles. The molecule has 0 saturated heterocycles. The summed E-state index contributed by atoms with van der Waals surface area (Å²) >= 11 is 0. The molecule has 1 aliphatic heterocycles. The number of nitrogens with zero attached hydrogens (tertiary/aromatic N) is 3. The van der Waals surface area contributed by atoms with Crippen LogP contribution >= 0.6 is 0 Å². The standard InChI is InChI=1S/C27H20N3O.Pt/c31-24-16-4-10-19-11-7-17-30-23-15-5-12-20(26(23)29-27(30)25(19)24)22-14-6-13-21(28-22)18-8-2-1-3-9-18;/h1-6,8,10,12-16,31H,7,11,17H2;/q-1;. The van der Waals surface area contributed by atoms with Crippen LogP contribution in [0, 0.1) is 6.07 Å². The second-order valence-corrected chi connectivity index (χ2v) is 7.86. The number of para-hydroxylation sites is 1. The number of hydrogen-bond donors (Lipinski definition) is 1. The predicted molar refractivity (Wildman–Crippen MR) is 123 cm³/mol. The molecule has 32 heavy (non-hydrogen) atoms. The van der Waals surface area contributed by atoms with Gasteiger partial charge in [0.1, 0.15) is 11.6 Å². The van der Waals surface area contributed by atoms with Gasteiger partial charge in [0.05, 0.1) is 22.3 Å². The molecule has 0 unspecified atom stereocenters. The van der Waals surface area contributed by atoms with Gasteiger partial charge in [-0.25, -0.2) is 4.98 Å². The van der Waals surface area contributed by atoms with Crippen LogP contribution in [0.3, 0.4) is 0 Å². The molecule has 1 N–H and O–H groups in total. The maximum atomic E-state index is 10.6. The first-order valence-corrected chi connectivity index (χ1v) is 10.5. The monoisotopic (exact) mass is 597 g/mol. The second kappa shape index (κ2) is 8.37. The Morgan fingerprint density at radius 3 is 2.56 bits per heavy atom. The minimum atomic E-state index is 0. The molecule has 0 radical (unpaired) electrons. The molecule has 0 bridgehead atoms. The number of aromatic nitrogens is 3. The van der Waals surface area contributed by atoms with Crippen molar-refractivity contribution in [2.75, 3.05) is 0 Å². The van der Waals surface area contributed by atoms with Crippen LogP contribution in [0.4, 0.5) is 0 Å². The van der Waals surface area contributed by atoms with E-state index in [0.29, 0.717) is 0 Å². The average molecular weight is 598 g/mol. The fourth-order valence-corrected chi connectivity index (χ4v) is 4.54. The molecule has 6 rings (SSSR count). The van der Waals surface area contributed by atoms with Gasteiger partial charge in [-0.15, -0.1) is 35.9 Å².